The second kappa shape index (κ2) is 5.75. The Morgan fingerprint density at radius 3 is 2.32 bits per heavy atom. The molecule has 2 N–H and O–H groups in total. The van der Waals surface area contributed by atoms with E-state index in [1.54, 1.807) is 12.1 Å². The standard InChI is InChI=1S/C14H11BrF3N/c15-10-3-1-8(12(17)7-10)6-14(19)9-2-4-11(16)13(18)5-9/h1-5,7,14H,6,19H2. The highest BCUT2D eigenvalue weighted by molar-refractivity contribution is 9.10. The van der Waals surface area contributed by atoms with Gasteiger partial charge in [-0.3, -0.25) is 0 Å². The third kappa shape index (κ3) is 3.36. The van der Waals surface area contributed by atoms with Crippen LogP contribution in [0.2, 0.25) is 0 Å². The van der Waals surface area contributed by atoms with Gasteiger partial charge in [-0.25, -0.2) is 13.2 Å². The molecule has 0 fully saturated rings. The largest absolute Gasteiger partial charge is 0.324 e. The summed E-state index contributed by atoms with van der Waals surface area (Å²) in [5.74, 6) is -2.26. The number of hydrogen-bond donors (Lipinski definition) is 1. The van der Waals surface area contributed by atoms with E-state index in [0.717, 1.165) is 12.1 Å². The summed E-state index contributed by atoms with van der Waals surface area (Å²) in [6, 6.07) is 7.52. The van der Waals surface area contributed by atoms with Gasteiger partial charge in [0.05, 0.1) is 0 Å². The monoisotopic (exact) mass is 329 g/mol. The van der Waals surface area contributed by atoms with Gasteiger partial charge in [-0.05, 0) is 41.8 Å². The molecule has 0 saturated heterocycles. The van der Waals surface area contributed by atoms with Crippen LogP contribution in [-0.2, 0) is 6.42 Å². The summed E-state index contributed by atoms with van der Waals surface area (Å²) in [6.07, 6.45) is 0.212. The van der Waals surface area contributed by atoms with Gasteiger partial charge in [-0.1, -0.05) is 28.1 Å². The van der Waals surface area contributed by atoms with Crippen molar-refractivity contribution in [2.75, 3.05) is 0 Å². The molecule has 1 nitrogen and oxygen atoms in total. The van der Waals surface area contributed by atoms with Crippen molar-refractivity contribution in [3.8, 4) is 0 Å². The molecular weight excluding hydrogens is 319 g/mol. The molecule has 5 heteroatoms. The Hall–Kier alpha value is -1.33. The molecule has 1 atom stereocenters. The van der Waals surface area contributed by atoms with Crippen LogP contribution in [0.4, 0.5) is 13.2 Å². The van der Waals surface area contributed by atoms with E-state index in [0.29, 0.717) is 15.6 Å². The maximum atomic E-state index is 13.7. The molecule has 1 unspecified atom stereocenters. The summed E-state index contributed by atoms with van der Waals surface area (Å²) in [5.41, 5.74) is 6.75. The molecule has 19 heavy (non-hydrogen) atoms. The lowest BCUT2D eigenvalue weighted by molar-refractivity contribution is 0.504. The number of hydrogen-bond acceptors (Lipinski definition) is 1. The second-order valence-electron chi connectivity index (χ2n) is 4.22. The van der Waals surface area contributed by atoms with Crippen LogP contribution in [0, 0.1) is 17.5 Å². The molecule has 0 aliphatic rings. The lowest BCUT2D eigenvalue weighted by Gasteiger charge is -2.13. The maximum Gasteiger partial charge on any atom is 0.159 e. The topological polar surface area (TPSA) is 26.0 Å². The van der Waals surface area contributed by atoms with Crippen LogP contribution < -0.4 is 5.73 Å². The van der Waals surface area contributed by atoms with Crippen molar-refractivity contribution in [3.05, 3.63) is 69.4 Å². The van der Waals surface area contributed by atoms with Crippen LogP contribution in [0.3, 0.4) is 0 Å². The molecule has 0 heterocycles. The van der Waals surface area contributed by atoms with E-state index < -0.39 is 17.7 Å². The zero-order chi connectivity index (χ0) is 14.0. The second-order valence-corrected chi connectivity index (χ2v) is 5.14. The van der Waals surface area contributed by atoms with Crippen molar-refractivity contribution in [3.63, 3.8) is 0 Å². The highest BCUT2D eigenvalue weighted by Crippen LogP contribution is 2.22. The van der Waals surface area contributed by atoms with Gasteiger partial charge in [0.1, 0.15) is 5.82 Å². The summed E-state index contributed by atoms with van der Waals surface area (Å²) in [7, 11) is 0. The van der Waals surface area contributed by atoms with Gasteiger partial charge in [0.2, 0.25) is 0 Å². The highest BCUT2D eigenvalue weighted by atomic mass is 79.9. The number of halogens is 4. The average molecular weight is 330 g/mol. The summed E-state index contributed by atoms with van der Waals surface area (Å²) >= 11 is 3.16. The first-order valence-corrected chi connectivity index (χ1v) is 6.41. The van der Waals surface area contributed by atoms with Gasteiger partial charge in [-0.15, -0.1) is 0 Å². The number of nitrogens with two attached hydrogens (primary N) is 1. The molecule has 0 aliphatic carbocycles. The van der Waals surface area contributed by atoms with E-state index in [2.05, 4.69) is 15.9 Å². The first-order valence-electron chi connectivity index (χ1n) is 5.62. The Bertz CT molecular complexity index is 601. The van der Waals surface area contributed by atoms with Crippen LogP contribution >= 0.6 is 15.9 Å². The van der Waals surface area contributed by atoms with Crippen molar-refractivity contribution in [1.82, 2.24) is 0 Å². The normalized spacial score (nSPS) is 12.5. The molecular formula is C14H11BrF3N. The Morgan fingerprint density at radius 2 is 1.68 bits per heavy atom. The smallest absolute Gasteiger partial charge is 0.159 e. The minimum Gasteiger partial charge on any atom is -0.324 e. The highest BCUT2D eigenvalue weighted by Gasteiger charge is 2.13. The van der Waals surface area contributed by atoms with Gasteiger partial charge in [0.25, 0.3) is 0 Å². The Morgan fingerprint density at radius 1 is 0.947 bits per heavy atom. The molecule has 2 aromatic carbocycles. The lowest BCUT2D eigenvalue weighted by Crippen LogP contribution is -2.14. The lowest BCUT2D eigenvalue weighted by atomic mass is 9.99. The minimum atomic E-state index is -0.954. The van der Waals surface area contributed by atoms with Crippen molar-refractivity contribution in [1.29, 1.82) is 0 Å². The quantitative estimate of drug-likeness (QED) is 0.901. The van der Waals surface area contributed by atoms with E-state index in [1.807, 2.05) is 0 Å². The summed E-state index contributed by atoms with van der Waals surface area (Å²) < 4.78 is 40.2. The van der Waals surface area contributed by atoms with E-state index in [4.69, 9.17) is 5.73 Å². The van der Waals surface area contributed by atoms with Crippen molar-refractivity contribution in [2.24, 2.45) is 5.73 Å². The number of rotatable bonds is 3. The van der Waals surface area contributed by atoms with Crippen LogP contribution in [0.15, 0.2) is 40.9 Å². The molecule has 2 rings (SSSR count). The molecule has 2 aromatic rings. The first-order chi connectivity index (χ1) is 8.97. The van der Waals surface area contributed by atoms with Gasteiger partial charge in [0.15, 0.2) is 11.6 Å². The van der Waals surface area contributed by atoms with E-state index in [9.17, 15) is 13.2 Å². The zero-order valence-electron chi connectivity index (χ0n) is 9.84. The molecule has 0 aliphatic heterocycles. The zero-order valence-corrected chi connectivity index (χ0v) is 11.4. The third-order valence-electron chi connectivity index (χ3n) is 2.83. The molecule has 0 bridgehead atoms. The fraction of sp³-hybridized carbons (Fsp3) is 0.143. The Balaban J connectivity index is 2.20. The Labute approximate surface area is 117 Å². The van der Waals surface area contributed by atoms with Gasteiger partial charge < -0.3 is 5.73 Å². The SMILES string of the molecule is NC(Cc1ccc(Br)cc1F)c1ccc(F)c(F)c1. The van der Waals surface area contributed by atoms with Crippen molar-refractivity contribution in [2.45, 2.75) is 12.5 Å². The van der Waals surface area contributed by atoms with E-state index >= 15 is 0 Å². The molecule has 0 spiro atoms. The predicted molar refractivity (Wildman–Crippen MR) is 71.1 cm³/mol. The van der Waals surface area contributed by atoms with Crippen LogP contribution in [0.1, 0.15) is 17.2 Å². The summed E-state index contributed by atoms with van der Waals surface area (Å²) in [4.78, 5) is 0. The van der Waals surface area contributed by atoms with Gasteiger partial charge in [0, 0.05) is 10.5 Å². The summed E-state index contributed by atoms with van der Waals surface area (Å²) in [5, 5.41) is 0. The molecule has 0 saturated carbocycles. The fourth-order valence-electron chi connectivity index (χ4n) is 1.79. The molecule has 0 aromatic heterocycles. The van der Waals surface area contributed by atoms with Crippen LogP contribution in [0.25, 0.3) is 0 Å². The third-order valence-corrected chi connectivity index (χ3v) is 3.32. The average Bonchev–Trinajstić information content (AvgIpc) is 2.36. The Kier molecular flexibility index (Phi) is 4.27. The van der Waals surface area contributed by atoms with Crippen molar-refractivity contribution < 1.29 is 13.2 Å². The van der Waals surface area contributed by atoms with Crippen molar-refractivity contribution >= 4 is 15.9 Å². The first kappa shape index (κ1) is 14.1. The maximum absolute atomic E-state index is 13.7. The van der Waals surface area contributed by atoms with E-state index in [-0.39, 0.29) is 12.2 Å². The molecule has 100 valence electrons. The fourth-order valence-corrected chi connectivity index (χ4v) is 2.12. The van der Waals surface area contributed by atoms with Crippen LogP contribution in [0.5, 0.6) is 0 Å². The van der Waals surface area contributed by atoms with Gasteiger partial charge in [-0.2, -0.15) is 0 Å². The molecule has 0 amide bonds. The predicted octanol–water partition coefficient (Wildman–Crippen LogP) is 4.11. The van der Waals surface area contributed by atoms with E-state index in [1.165, 1.54) is 12.1 Å². The minimum absolute atomic E-state index is 0.212. The number of benzene rings is 2. The molecule has 0 radical (unpaired) electrons. The van der Waals surface area contributed by atoms with Gasteiger partial charge >= 0.3 is 0 Å². The van der Waals surface area contributed by atoms with Crippen LogP contribution in [-0.4, -0.2) is 0 Å². The summed E-state index contributed by atoms with van der Waals surface area (Å²) in [6.45, 7) is 0.